The summed E-state index contributed by atoms with van der Waals surface area (Å²) in [7, 11) is 0. The molecule has 3 aromatic carbocycles. The Labute approximate surface area is 234 Å². The van der Waals surface area contributed by atoms with E-state index in [9.17, 15) is 9.59 Å². The molecule has 0 spiro atoms. The van der Waals surface area contributed by atoms with Crippen molar-refractivity contribution in [1.82, 2.24) is 10.6 Å². The molecule has 1 aliphatic rings. The topological polar surface area (TPSA) is 104 Å². The first-order chi connectivity index (χ1) is 19.3. The van der Waals surface area contributed by atoms with Gasteiger partial charge in [0.2, 0.25) is 5.75 Å². The summed E-state index contributed by atoms with van der Waals surface area (Å²) >= 11 is 0. The van der Waals surface area contributed by atoms with E-state index in [2.05, 4.69) is 31.4 Å². The van der Waals surface area contributed by atoms with Crippen LogP contribution in [0.2, 0.25) is 0 Å². The normalized spacial score (nSPS) is 15.2. The van der Waals surface area contributed by atoms with Crippen LogP contribution in [-0.4, -0.2) is 51.3 Å². The van der Waals surface area contributed by atoms with Crippen LogP contribution in [0.1, 0.15) is 31.9 Å². The number of hydrogen-bond donors (Lipinski definition) is 2. The Morgan fingerprint density at radius 3 is 1.90 bits per heavy atom. The lowest BCUT2D eigenvalue weighted by Crippen LogP contribution is -2.32. The van der Waals surface area contributed by atoms with Crippen molar-refractivity contribution in [2.75, 3.05) is 39.5 Å². The highest BCUT2D eigenvalue weighted by molar-refractivity contribution is 5.78. The number of para-hydroxylation sites is 1. The van der Waals surface area contributed by atoms with Crippen LogP contribution in [0.5, 0.6) is 28.7 Å². The lowest BCUT2D eigenvalue weighted by atomic mass is 9.87. The van der Waals surface area contributed by atoms with E-state index in [0.29, 0.717) is 28.7 Å². The van der Waals surface area contributed by atoms with Crippen molar-refractivity contribution in [2.24, 2.45) is 0 Å². The molecule has 0 aromatic heterocycles. The molecule has 0 aliphatic carbocycles. The van der Waals surface area contributed by atoms with E-state index in [1.165, 1.54) is 0 Å². The van der Waals surface area contributed by atoms with Crippen molar-refractivity contribution < 1.29 is 33.3 Å². The largest absolute Gasteiger partial charge is 0.488 e. The van der Waals surface area contributed by atoms with E-state index in [4.69, 9.17) is 23.7 Å². The SMILES string of the molecule is CC(C)(C)c1ccc2c(c1)OCCNC(=O)COc1cccc(c1OCc1ccccc1)OCC(=O)NCCO2. The van der Waals surface area contributed by atoms with Crippen LogP contribution >= 0.6 is 0 Å². The fraction of sp³-hybridized carbons (Fsp3) is 0.355. The van der Waals surface area contributed by atoms with Crippen LogP contribution in [0.4, 0.5) is 0 Å². The number of nitrogens with one attached hydrogen (secondary N) is 2. The zero-order valence-corrected chi connectivity index (χ0v) is 23.2. The summed E-state index contributed by atoms with van der Waals surface area (Å²) in [4.78, 5) is 25.0. The third-order valence-electron chi connectivity index (χ3n) is 6.06. The van der Waals surface area contributed by atoms with Gasteiger partial charge in [0.15, 0.2) is 36.2 Å². The molecule has 3 aromatic rings. The third-order valence-corrected chi connectivity index (χ3v) is 6.06. The van der Waals surface area contributed by atoms with Crippen molar-refractivity contribution in [1.29, 1.82) is 0 Å². The summed E-state index contributed by atoms with van der Waals surface area (Å²) in [6.07, 6.45) is 0. The van der Waals surface area contributed by atoms with Gasteiger partial charge >= 0.3 is 0 Å². The first kappa shape index (κ1) is 28.6. The van der Waals surface area contributed by atoms with E-state index in [1.54, 1.807) is 18.2 Å². The molecule has 0 radical (unpaired) electrons. The van der Waals surface area contributed by atoms with Gasteiger partial charge in [-0.05, 0) is 40.8 Å². The van der Waals surface area contributed by atoms with Gasteiger partial charge in [0.05, 0.1) is 13.1 Å². The van der Waals surface area contributed by atoms with Gasteiger partial charge < -0.3 is 34.3 Å². The maximum Gasteiger partial charge on any atom is 0.258 e. The summed E-state index contributed by atoms with van der Waals surface area (Å²) in [5.41, 5.74) is 1.95. The van der Waals surface area contributed by atoms with Crippen molar-refractivity contribution in [3.05, 3.63) is 77.9 Å². The fourth-order valence-electron chi connectivity index (χ4n) is 3.89. The molecule has 9 heteroatoms. The molecule has 4 rings (SSSR count). The average Bonchev–Trinajstić information content (AvgIpc) is 2.94. The molecule has 40 heavy (non-hydrogen) atoms. The number of rotatable bonds is 3. The summed E-state index contributed by atoms with van der Waals surface area (Å²) in [5.74, 6) is 1.46. The fourth-order valence-corrected chi connectivity index (χ4v) is 3.89. The van der Waals surface area contributed by atoms with Gasteiger partial charge in [0, 0.05) is 0 Å². The van der Waals surface area contributed by atoms with Crippen molar-refractivity contribution in [3.8, 4) is 28.7 Å². The van der Waals surface area contributed by atoms with Crippen LogP contribution in [0, 0.1) is 0 Å². The van der Waals surface area contributed by atoms with Crippen LogP contribution in [0.25, 0.3) is 0 Å². The number of fused-ring (bicyclic) bond motifs is 3. The molecular formula is C31H36N2O7. The summed E-state index contributed by atoms with van der Waals surface area (Å²) in [6.45, 7) is 7.16. The van der Waals surface area contributed by atoms with Crippen molar-refractivity contribution in [3.63, 3.8) is 0 Å². The number of carbonyl (C=O) groups is 2. The minimum atomic E-state index is -0.319. The Morgan fingerprint density at radius 2 is 1.30 bits per heavy atom. The Bertz CT molecular complexity index is 1290. The number of hydrogen-bond acceptors (Lipinski definition) is 7. The number of benzene rings is 3. The molecular weight excluding hydrogens is 512 g/mol. The molecule has 0 saturated carbocycles. The standard InChI is InChI=1S/C31H36N2O7/c1-31(2,3)23-12-13-24-27(18-23)37-17-15-33-29(35)21-39-26-11-7-10-25(38-20-28(34)32-14-16-36-24)30(26)40-19-22-8-5-4-6-9-22/h4-13,18H,14-17,19-21H2,1-3H3,(H,32,34)(H,33,35). The minimum Gasteiger partial charge on any atom is -0.488 e. The molecule has 2 bridgehead atoms. The third kappa shape index (κ3) is 8.30. The Balaban J connectivity index is 1.49. The van der Waals surface area contributed by atoms with Gasteiger partial charge in [-0.2, -0.15) is 0 Å². The maximum atomic E-state index is 12.5. The maximum absolute atomic E-state index is 12.5. The summed E-state index contributed by atoms with van der Waals surface area (Å²) in [5, 5.41) is 5.60. The first-order valence-corrected chi connectivity index (χ1v) is 13.3. The first-order valence-electron chi connectivity index (χ1n) is 13.3. The van der Waals surface area contributed by atoms with Gasteiger partial charge in [0.25, 0.3) is 11.8 Å². The minimum absolute atomic E-state index is 0.0806. The Hall–Kier alpha value is -4.40. The zero-order chi connectivity index (χ0) is 28.4. The van der Waals surface area contributed by atoms with Crippen LogP contribution in [-0.2, 0) is 21.6 Å². The van der Waals surface area contributed by atoms with Gasteiger partial charge in [-0.15, -0.1) is 0 Å². The monoisotopic (exact) mass is 548 g/mol. The highest BCUT2D eigenvalue weighted by Crippen LogP contribution is 2.38. The van der Waals surface area contributed by atoms with Gasteiger partial charge in [-0.1, -0.05) is 63.2 Å². The number of carbonyl (C=O) groups excluding carboxylic acids is 2. The second kappa shape index (κ2) is 13.6. The zero-order valence-electron chi connectivity index (χ0n) is 23.2. The lowest BCUT2D eigenvalue weighted by molar-refractivity contribution is -0.123. The number of ether oxygens (including phenoxy) is 5. The average molecular weight is 549 g/mol. The molecule has 0 unspecified atom stereocenters. The summed E-state index contributed by atoms with van der Waals surface area (Å²) in [6, 6.07) is 20.5. The molecule has 0 saturated heterocycles. The van der Waals surface area contributed by atoms with Crippen LogP contribution in [0.15, 0.2) is 66.7 Å². The molecule has 0 atom stereocenters. The molecule has 1 heterocycles. The molecule has 1 aliphatic heterocycles. The number of amides is 2. The van der Waals surface area contributed by atoms with Crippen LogP contribution < -0.4 is 34.3 Å². The van der Waals surface area contributed by atoms with Gasteiger partial charge in [-0.25, -0.2) is 0 Å². The highest BCUT2D eigenvalue weighted by atomic mass is 16.5. The predicted molar refractivity (Wildman–Crippen MR) is 150 cm³/mol. The van der Waals surface area contributed by atoms with Crippen LogP contribution in [0.3, 0.4) is 0 Å². The van der Waals surface area contributed by atoms with Crippen molar-refractivity contribution in [2.45, 2.75) is 32.8 Å². The Morgan fingerprint density at radius 1 is 0.700 bits per heavy atom. The van der Waals surface area contributed by atoms with E-state index in [-0.39, 0.29) is 63.4 Å². The summed E-state index contributed by atoms with van der Waals surface area (Å²) < 4.78 is 29.5. The second-order valence-electron chi connectivity index (χ2n) is 10.2. The predicted octanol–water partition coefficient (Wildman–Crippen LogP) is 4.02. The highest BCUT2D eigenvalue weighted by Gasteiger charge is 2.18. The quantitative estimate of drug-likeness (QED) is 0.509. The van der Waals surface area contributed by atoms with E-state index < -0.39 is 0 Å². The Kier molecular flexibility index (Phi) is 9.72. The second-order valence-corrected chi connectivity index (χ2v) is 10.2. The van der Waals surface area contributed by atoms with E-state index in [1.807, 2.05) is 48.5 Å². The van der Waals surface area contributed by atoms with Gasteiger partial charge in [-0.3, -0.25) is 9.59 Å². The van der Waals surface area contributed by atoms with Gasteiger partial charge in [0.1, 0.15) is 19.8 Å². The molecule has 2 N–H and O–H groups in total. The molecule has 9 nitrogen and oxygen atoms in total. The molecule has 2 amide bonds. The smallest absolute Gasteiger partial charge is 0.258 e. The van der Waals surface area contributed by atoms with E-state index >= 15 is 0 Å². The van der Waals surface area contributed by atoms with Crippen molar-refractivity contribution >= 4 is 11.8 Å². The molecule has 212 valence electrons. The lowest BCUT2D eigenvalue weighted by Gasteiger charge is -2.21. The molecule has 0 fully saturated rings. The van der Waals surface area contributed by atoms with E-state index in [0.717, 1.165) is 11.1 Å².